The van der Waals surface area contributed by atoms with E-state index in [1.807, 2.05) is 24.3 Å². The number of allylic oxidation sites excluding steroid dienone is 4. The van der Waals surface area contributed by atoms with Gasteiger partial charge in [0.25, 0.3) is 0 Å². The molecule has 3 nitrogen and oxygen atoms in total. The van der Waals surface area contributed by atoms with E-state index in [-0.39, 0.29) is 0 Å². The van der Waals surface area contributed by atoms with Gasteiger partial charge in [0.2, 0.25) is 0 Å². The lowest BCUT2D eigenvalue weighted by atomic mass is 9.99. The standard InChI is InChI=1S/C15H19NO2S/c1-10(2)9-14(11(3)4)12-5-7-13(8-6-12)16-15(17)18-19/h5-9,19H,1-4H3,(H,16,17). The molecule has 0 aromatic heterocycles. The lowest BCUT2D eigenvalue weighted by molar-refractivity contribution is 0.223. The van der Waals surface area contributed by atoms with Crippen LogP contribution in [0.15, 0.2) is 41.5 Å². The van der Waals surface area contributed by atoms with Crippen LogP contribution in [0.3, 0.4) is 0 Å². The number of amides is 1. The lowest BCUT2D eigenvalue weighted by Crippen LogP contribution is -2.08. The van der Waals surface area contributed by atoms with Crippen LogP contribution in [0.25, 0.3) is 5.57 Å². The van der Waals surface area contributed by atoms with E-state index >= 15 is 0 Å². The van der Waals surface area contributed by atoms with Crippen LogP contribution in [-0.4, -0.2) is 6.09 Å². The number of anilines is 1. The molecule has 0 spiro atoms. The molecule has 0 aliphatic carbocycles. The van der Waals surface area contributed by atoms with Gasteiger partial charge in [-0.25, -0.2) is 4.79 Å². The Morgan fingerprint density at radius 1 is 1.16 bits per heavy atom. The van der Waals surface area contributed by atoms with Crippen LogP contribution < -0.4 is 5.32 Å². The second-order valence-corrected chi connectivity index (χ2v) is 4.90. The zero-order valence-corrected chi connectivity index (χ0v) is 12.5. The molecule has 1 rings (SSSR count). The monoisotopic (exact) mass is 277 g/mol. The van der Waals surface area contributed by atoms with Crippen LogP contribution in [0, 0.1) is 0 Å². The minimum Gasteiger partial charge on any atom is -0.378 e. The highest BCUT2D eigenvalue weighted by molar-refractivity contribution is 7.75. The fourth-order valence-corrected chi connectivity index (χ4v) is 1.72. The first-order chi connectivity index (χ1) is 8.93. The van der Waals surface area contributed by atoms with E-state index in [4.69, 9.17) is 0 Å². The molecule has 0 aliphatic heterocycles. The first-order valence-electron chi connectivity index (χ1n) is 5.99. The summed E-state index contributed by atoms with van der Waals surface area (Å²) in [7, 11) is 0. The predicted octanol–water partition coefficient (Wildman–Crippen LogP) is 4.84. The number of thiol groups is 1. The summed E-state index contributed by atoms with van der Waals surface area (Å²) in [4.78, 5) is 11.0. The second kappa shape index (κ2) is 7.04. The fourth-order valence-electron chi connectivity index (χ4n) is 1.68. The van der Waals surface area contributed by atoms with Crippen molar-refractivity contribution in [2.45, 2.75) is 27.7 Å². The molecule has 4 heteroatoms. The Morgan fingerprint density at radius 2 is 1.74 bits per heavy atom. The van der Waals surface area contributed by atoms with Crippen LogP contribution in [0.4, 0.5) is 10.5 Å². The van der Waals surface area contributed by atoms with Gasteiger partial charge in [-0.1, -0.05) is 29.4 Å². The molecule has 0 saturated heterocycles. The lowest BCUT2D eigenvalue weighted by Gasteiger charge is -2.08. The van der Waals surface area contributed by atoms with Crippen molar-refractivity contribution in [3.8, 4) is 0 Å². The summed E-state index contributed by atoms with van der Waals surface area (Å²) in [5.74, 6) is 0. The van der Waals surface area contributed by atoms with E-state index < -0.39 is 6.09 Å². The van der Waals surface area contributed by atoms with Crippen molar-refractivity contribution in [3.05, 3.63) is 47.1 Å². The predicted molar refractivity (Wildman–Crippen MR) is 83.2 cm³/mol. The van der Waals surface area contributed by atoms with E-state index in [1.165, 1.54) is 16.7 Å². The Labute approximate surface area is 120 Å². The Kier molecular flexibility index (Phi) is 5.70. The van der Waals surface area contributed by atoms with Crippen LogP contribution in [-0.2, 0) is 4.18 Å². The molecular weight excluding hydrogens is 258 g/mol. The molecule has 1 aromatic rings. The molecule has 0 aliphatic rings. The van der Waals surface area contributed by atoms with E-state index in [1.54, 1.807) is 0 Å². The molecule has 0 radical (unpaired) electrons. The van der Waals surface area contributed by atoms with E-state index in [9.17, 15) is 4.79 Å². The van der Waals surface area contributed by atoms with Crippen LogP contribution >= 0.6 is 12.9 Å². The van der Waals surface area contributed by atoms with Crippen LogP contribution in [0.2, 0.25) is 0 Å². The highest BCUT2D eigenvalue weighted by Gasteiger charge is 2.04. The van der Waals surface area contributed by atoms with Crippen molar-refractivity contribution in [1.29, 1.82) is 0 Å². The van der Waals surface area contributed by atoms with Gasteiger partial charge in [-0.3, -0.25) is 5.32 Å². The molecule has 0 bridgehead atoms. The first-order valence-corrected chi connectivity index (χ1v) is 6.35. The van der Waals surface area contributed by atoms with E-state index in [0.29, 0.717) is 5.69 Å². The van der Waals surface area contributed by atoms with Crippen molar-refractivity contribution >= 4 is 30.3 Å². The third-order valence-corrected chi connectivity index (χ3v) is 2.66. The maximum Gasteiger partial charge on any atom is 0.423 e. The van der Waals surface area contributed by atoms with Gasteiger partial charge in [0.15, 0.2) is 0 Å². The van der Waals surface area contributed by atoms with Gasteiger partial charge in [0.1, 0.15) is 0 Å². The quantitative estimate of drug-likeness (QED) is 0.471. The number of rotatable bonds is 3. The van der Waals surface area contributed by atoms with Crippen molar-refractivity contribution in [2.24, 2.45) is 0 Å². The minimum atomic E-state index is -0.595. The van der Waals surface area contributed by atoms with Gasteiger partial charge < -0.3 is 4.18 Å². The smallest absolute Gasteiger partial charge is 0.378 e. The average Bonchev–Trinajstić information content (AvgIpc) is 2.36. The Morgan fingerprint density at radius 3 is 2.16 bits per heavy atom. The highest BCUT2D eigenvalue weighted by Crippen LogP contribution is 2.23. The van der Waals surface area contributed by atoms with E-state index in [2.05, 4.69) is 56.2 Å². The summed E-state index contributed by atoms with van der Waals surface area (Å²) < 4.78 is 4.25. The van der Waals surface area contributed by atoms with E-state index in [0.717, 1.165) is 5.56 Å². The first kappa shape index (κ1) is 15.4. The van der Waals surface area contributed by atoms with Gasteiger partial charge in [-0.05, 0) is 51.0 Å². The zero-order valence-electron chi connectivity index (χ0n) is 11.7. The third-order valence-electron chi connectivity index (χ3n) is 2.50. The summed E-state index contributed by atoms with van der Waals surface area (Å²) in [6.07, 6.45) is 1.56. The number of carbonyl (C=O) groups is 1. The Hall–Kier alpha value is -1.68. The van der Waals surface area contributed by atoms with Gasteiger partial charge in [0, 0.05) is 18.6 Å². The van der Waals surface area contributed by atoms with Gasteiger partial charge in [-0.2, -0.15) is 0 Å². The summed E-state index contributed by atoms with van der Waals surface area (Å²) in [5, 5.41) is 2.56. The molecule has 1 amide bonds. The maximum atomic E-state index is 11.0. The third kappa shape index (κ3) is 4.83. The van der Waals surface area contributed by atoms with Crippen LogP contribution in [0.1, 0.15) is 33.3 Å². The van der Waals surface area contributed by atoms with Crippen molar-refractivity contribution in [3.63, 3.8) is 0 Å². The van der Waals surface area contributed by atoms with Crippen molar-refractivity contribution < 1.29 is 8.98 Å². The van der Waals surface area contributed by atoms with Gasteiger partial charge >= 0.3 is 6.09 Å². The number of nitrogens with one attached hydrogen (secondary N) is 1. The number of hydrogen-bond acceptors (Lipinski definition) is 3. The summed E-state index contributed by atoms with van der Waals surface area (Å²) in [5.41, 5.74) is 5.48. The second-order valence-electron chi connectivity index (χ2n) is 4.72. The molecule has 0 heterocycles. The molecule has 0 unspecified atom stereocenters. The number of benzene rings is 1. The topological polar surface area (TPSA) is 38.3 Å². The molecule has 19 heavy (non-hydrogen) atoms. The highest BCUT2D eigenvalue weighted by atomic mass is 32.1. The molecule has 0 atom stereocenters. The van der Waals surface area contributed by atoms with Crippen molar-refractivity contribution in [1.82, 2.24) is 0 Å². The van der Waals surface area contributed by atoms with Gasteiger partial charge in [0.05, 0.1) is 0 Å². The minimum absolute atomic E-state index is 0.595. The van der Waals surface area contributed by atoms with Crippen molar-refractivity contribution in [2.75, 3.05) is 5.32 Å². The average molecular weight is 277 g/mol. The summed E-state index contributed by atoms with van der Waals surface area (Å²) in [6, 6.07) is 7.61. The molecule has 102 valence electrons. The summed E-state index contributed by atoms with van der Waals surface area (Å²) >= 11 is 3.44. The Balaban J connectivity index is 3.00. The molecule has 0 saturated carbocycles. The van der Waals surface area contributed by atoms with Crippen LogP contribution in [0.5, 0.6) is 0 Å². The summed E-state index contributed by atoms with van der Waals surface area (Å²) in [6.45, 7) is 8.31. The number of hydrogen-bond donors (Lipinski definition) is 2. The molecule has 1 aromatic carbocycles. The Bertz CT molecular complexity index is 507. The number of carbonyl (C=O) groups excluding carboxylic acids is 1. The molecular formula is C15H19NO2S. The largest absolute Gasteiger partial charge is 0.423 e. The molecule has 1 N–H and O–H groups in total. The van der Waals surface area contributed by atoms with Gasteiger partial charge in [-0.15, -0.1) is 0 Å². The SMILES string of the molecule is CC(C)=CC(=C(C)C)c1ccc(NC(=O)OS)cc1. The normalized spacial score (nSPS) is 9.53. The molecule has 0 fully saturated rings. The fraction of sp³-hybridized carbons (Fsp3) is 0.267. The zero-order chi connectivity index (χ0) is 14.4. The maximum absolute atomic E-state index is 11.0.